The Kier molecular flexibility index (Phi) is 7.72. The van der Waals surface area contributed by atoms with Gasteiger partial charge in [0.25, 0.3) is 5.91 Å². The number of rotatable bonds is 7. The molecule has 1 aromatic rings. The second-order valence-electron chi connectivity index (χ2n) is 8.19. The molecule has 0 aromatic heterocycles. The summed E-state index contributed by atoms with van der Waals surface area (Å²) in [6.07, 6.45) is 5.16. The summed E-state index contributed by atoms with van der Waals surface area (Å²) in [6, 6.07) is 8.89. The van der Waals surface area contributed by atoms with E-state index in [4.69, 9.17) is 23.2 Å². The van der Waals surface area contributed by atoms with Gasteiger partial charge in [-0.3, -0.25) is 9.69 Å². The highest BCUT2D eigenvalue weighted by molar-refractivity contribution is 7.89. The standard InChI is InChI=1S/C21H31Cl2N3O3S/c1-2-17-30(28,29)26-15-13-25(14-16-26)20(11-7-4-8-12-20)21(22,23)24-19(27)18-9-5-3-6-10-18/h3,5-6,9-10H,2,4,7-8,11-17H2,1H3,(H,24,27). The molecule has 168 valence electrons. The molecule has 1 saturated heterocycles. The number of amides is 1. The Balaban J connectivity index is 1.78. The van der Waals surface area contributed by atoms with Crippen molar-refractivity contribution >= 4 is 39.1 Å². The molecular weight excluding hydrogens is 445 g/mol. The minimum absolute atomic E-state index is 0.167. The number of piperazine rings is 1. The molecule has 1 saturated carbocycles. The van der Waals surface area contributed by atoms with E-state index in [1.54, 1.807) is 28.6 Å². The van der Waals surface area contributed by atoms with E-state index >= 15 is 0 Å². The molecule has 1 aromatic carbocycles. The molecule has 0 unspecified atom stereocenters. The number of carbonyl (C=O) groups excluding carboxylic acids is 1. The van der Waals surface area contributed by atoms with E-state index in [1.807, 2.05) is 13.0 Å². The number of nitrogens with one attached hydrogen (secondary N) is 1. The number of hydrogen-bond acceptors (Lipinski definition) is 4. The Morgan fingerprint density at radius 2 is 1.67 bits per heavy atom. The van der Waals surface area contributed by atoms with Crippen LogP contribution in [0, 0.1) is 0 Å². The summed E-state index contributed by atoms with van der Waals surface area (Å²) in [5.74, 6) is -0.144. The van der Waals surface area contributed by atoms with Crippen LogP contribution in [-0.4, -0.2) is 65.5 Å². The van der Waals surface area contributed by atoms with Crippen molar-refractivity contribution in [1.82, 2.24) is 14.5 Å². The van der Waals surface area contributed by atoms with Gasteiger partial charge in [0.05, 0.1) is 11.3 Å². The summed E-state index contributed by atoms with van der Waals surface area (Å²) in [4.78, 5) is 15.0. The average Bonchev–Trinajstić information content (AvgIpc) is 2.74. The molecule has 2 aliphatic rings. The highest BCUT2D eigenvalue weighted by atomic mass is 35.5. The van der Waals surface area contributed by atoms with E-state index in [9.17, 15) is 13.2 Å². The maximum Gasteiger partial charge on any atom is 0.253 e. The van der Waals surface area contributed by atoms with Crippen LogP contribution in [-0.2, 0) is 10.0 Å². The van der Waals surface area contributed by atoms with Crippen molar-refractivity contribution in [3.05, 3.63) is 35.9 Å². The van der Waals surface area contributed by atoms with E-state index in [-0.39, 0.29) is 11.7 Å². The Bertz CT molecular complexity index is 819. The summed E-state index contributed by atoms with van der Waals surface area (Å²) < 4.78 is 25.0. The Morgan fingerprint density at radius 1 is 1.07 bits per heavy atom. The van der Waals surface area contributed by atoms with Gasteiger partial charge in [0.1, 0.15) is 0 Å². The van der Waals surface area contributed by atoms with E-state index in [2.05, 4.69) is 10.2 Å². The van der Waals surface area contributed by atoms with Crippen LogP contribution in [0.25, 0.3) is 0 Å². The highest BCUT2D eigenvalue weighted by Gasteiger charge is 2.55. The van der Waals surface area contributed by atoms with Crippen molar-refractivity contribution < 1.29 is 13.2 Å². The SMILES string of the molecule is CCCS(=O)(=O)N1CCN(C2(C(Cl)(Cl)NC(=O)c3ccccc3)CCCCC2)CC1. The number of carbonyl (C=O) groups is 1. The normalized spacial score (nSPS) is 21.3. The second kappa shape index (κ2) is 9.74. The van der Waals surface area contributed by atoms with Gasteiger partial charge in [0.2, 0.25) is 14.5 Å². The third kappa shape index (κ3) is 4.96. The van der Waals surface area contributed by atoms with Crippen molar-refractivity contribution in [2.45, 2.75) is 55.4 Å². The third-order valence-electron chi connectivity index (χ3n) is 6.27. The molecule has 3 rings (SSSR count). The minimum atomic E-state index is -3.23. The summed E-state index contributed by atoms with van der Waals surface area (Å²) in [6.45, 7) is 3.80. The third-order valence-corrected chi connectivity index (χ3v) is 9.24. The van der Waals surface area contributed by atoms with Gasteiger partial charge in [0, 0.05) is 31.7 Å². The van der Waals surface area contributed by atoms with Gasteiger partial charge < -0.3 is 5.32 Å². The van der Waals surface area contributed by atoms with Gasteiger partial charge in [-0.25, -0.2) is 8.42 Å². The van der Waals surface area contributed by atoms with Crippen molar-refractivity contribution in [3.63, 3.8) is 0 Å². The van der Waals surface area contributed by atoms with Gasteiger partial charge >= 0.3 is 0 Å². The zero-order valence-electron chi connectivity index (χ0n) is 17.4. The molecule has 0 bridgehead atoms. The molecule has 1 N–H and O–H groups in total. The summed E-state index contributed by atoms with van der Waals surface area (Å²) in [7, 11) is -3.23. The fraction of sp³-hybridized carbons (Fsp3) is 0.667. The number of sulfonamides is 1. The molecule has 30 heavy (non-hydrogen) atoms. The Labute approximate surface area is 189 Å². The summed E-state index contributed by atoms with van der Waals surface area (Å²) in [5.41, 5.74) is -0.121. The van der Waals surface area contributed by atoms with Gasteiger partial charge in [0.15, 0.2) is 0 Å². The van der Waals surface area contributed by atoms with Crippen LogP contribution < -0.4 is 5.32 Å². The number of halogens is 2. The van der Waals surface area contributed by atoms with E-state index in [0.29, 0.717) is 38.2 Å². The van der Waals surface area contributed by atoms with Crippen molar-refractivity contribution in [2.75, 3.05) is 31.9 Å². The lowest BCUT2D eigenvalue weighted by Crippen LogP contribution is -2.69. The lowest BCUT2D eigenvalue weighted by Gasteiger charge is -2.54. The van der Waals surface area contributed by atoms with Crippen LogP contribution in [0.2, 0.25) is 0 Å². The monoisotopic (exact) mass is 475 g/mol. The van der Waals surface area contributed by atoms with Crippen LogP contribution >= 0.6 is 23.2 Å². The molecule has 9 heteroatoms. The lowest BCUT2D eigenvalue weighted by atomic mass is 9.79. The Hall–Kier alpha value is -0.860. The lowest BCUT2D eigenvalue weighted by molar-refractivity contribution is 0.00449. The second-order valence-corrected chi connectivity index (χ2v) is 11.6. The van der Waals surface area contributed by atoms with Crippen LogP contribution in [0.1, 0.15) is 55.8 Å². The topological polar surface area (TPSA) is 69.7 Å². The first kappa shape index (κ1) is 23.8. The predicted octanol–water partition coefficient (Wildman–Crippen LogP) is 3.61. The van der Waals surface area contributed by atoms with Gasteiger partial charge in [-0.2, -0.15) is 4.31 Å². The van der Waals surface area contributed by atoms with E-state index in [1.165, 1.54) is 0 Å². The first-order valence-electron chi connectivity index (χ1n) is 10.7. The van der Waals surface area contributed by atoms with Crippen LogP contribution in [0.3, 0.4) is 0 Å². The molecular formula is C21H31Cl2N3O3S. The number of hydrogen-bond donors (Lipinski definition) is 1. The summed E-state index contributed by atoms with van der Waals surface area (Å²) >= 11 is 13.8. The molecule has 0 spiro atoms. The molecule has 1 heterocycles. The smallest absolute Gasteiger partial charge is 0.253 e. The largest absolute Gasteiger partial charge is 0.319 e. The molecule has 0 radical (unpaired) electrons. The zero-order chi connectivity index (χ0) is 21.8. The van der Waals surface area contributed by atoms with Gasteiger partial charge in [-0.1, -0.05) is 67.6 Å². The van der Waals surface area contributed by atoms with Crippen LogP contribution in [0.5, 0.6) is 0 Å². The quantitative estimate of drug-likeness (QED) is 0.482. The summed E-state index contributed by atoms with van der Waals surface area (Å²) in [5, 5.41) is 2.86. The number of alkyl halides is 2. The molecule has 1 aliphatic carbocycles. The fourth-order valence-corrected chi connectivity index (χ4v) is 6.95. The van der Waals surface area contributed by atoms with Crippen LogP contribution in [0.4, 0.5) is 0 Å². The minimum Gasteiger partial charge on any atom is -0.319 e. The average molecular weight is 476 g/mol. The molecule has 1 amide bonds. The van der Waals surface area contributed by atoms with Crippen molar-refractivity contribution in [2.24, 2.45) is 0 Å². The van der Waals surface area contributed by atoms with E-state index in [0.717, 1.165) is 32.1 Å². The van der Waals surface area contributed by atoms with Crippen molar-refractivity contribution in [3.8, 4) is 0 Å². The Morgan fingerprint density at radius 3 is 2.23 bits per heavy atom. The number of nitrogens with zero attached hydrogens (tertiary/aromatic N) is 2. The van der Waals surface area contributed by atoms with Gasteiger partial charge in [-0.05, 0) is 31.4 Å². The fourth-order valence-electron chi connectivity index (χ4n) is 4.67. The zero-order valence-corrected chi connectivity index (χ0v) is 19.8. The van der Waals surface area contributed by atoms with Crippen LogP contribution in [0.15, 0.2) is 30.3 Å². The molecule has 1 aliphatic heterocycles. The maximum absolute atomic E-state index is 12.8. The number of benzene rings is 1. The molecule has 6 nitrogen and oxygen atoms in total. The molecule has 0 atom stereocenters. The first-order chi connectivity index (χ1) is 14.2. The highest BCUT2D eigenvalue weighted by Crippen LogP contribution is 2.47. The first-order valence-corrected chi connectivity index (χ1v) is 13.1. The van der Waals surface area contributed by atoms with E-state index < -0.39 is 20.0 Å². The van der Waals surface area contributed by atoms with Crippen molar-refractivity contribution in [1.29, 1.82) is 0 Å². The predicted molar refractivity (Wildman–Crippen MR) is 121 cm³/mol. The maximum atomic E-state index is 12.8. The van der Waals surface area contributed by atoms with Gasteiger partial charge in [-0.15, -0.1) is 0 Å². The molecule has 2 fully saturated rings.